The molecule has 0 aliphatic carbocycles. The summed E-state index contributed by atoms with van der Waals surface area (Å²) in [6, 6.07) is 13.0. The summed E-state index contributed by atoms with van der Waals surface area (Å²) in [6.45, 7) is 0. The monoisotopic (exact) mass is 309 g/mol. The molecule has 98 valence electrons. The second kappa shape index (κ2) is 6.28. The van der Waals surface area contributed by atoms with E-state index in [1.54, 1.807) is 23.9 Å². The minimum absolute atomic E-state index is 0.312. The van der Waals surface area contributed by atoms with Gasteiger partial charge in [-0.15, -0.1) is 11.8 Å². The first-order valence-corrected chi connectivity index (χ1v) is 7.53. The summed E-state index contributed by atoms with van der Waals surface area (Å²) in [6.07, 6.45) is 1.97. The van der Waals surface area contributed by atoms with Crippen LogP contribution in [0.15, 0.2) is 47.4 Å². The minimum Gasteiger partial charge on any atom is -0.455 e. The van der Waals surface area contributed by atoms with E-state index in [2.05, 4.69) is 0 Å². The molecule has 19 heavy (non-hydrogen) atoms. The van der Waals surface area contributed by atoms with Gasteiger partial charge in [0.25, 0.3) is 0 Å². The van der Waals surface area contributed by atoms with Crippen molar-refractivity contribution in [3.63, 3.8) is 0 Å². The first-order valence-electron chi connectivity index (χ1n) is 5.52. The van der Waals surface area contributed by atoms with Crippen LogP contribution in [-0.4, -0.2) is 11.2 Å². The van der Waals surface area contributed by atoms with Crippen LogP contribution in [-0.2, 0) is 0 Å². The molecule has 2 nitrogen and oxygen atoms in total. The van der Waals surface area contributed by atoms with Gasteiger partial charge in [-0.3, -0.25) is 0 Å². The molecule has 5 heteroatoms. The Morgan fingerprint density at radius 1 is 1.16 bits per heavy atom. The fourth-order valence-electron chi connectivity index (χ4n) is 1.65. The minimum atomic E-state index is 0.312. The van der Waals surface area contributed by atoms with Crippen LogP contribution in [0.3, 0.4) is 0 Å². The zero-order valence-electron chi connectivity index (χ0n) is 10.2. The van der Waals surface area contributed by atoms with E-state index < -0.39 is 0 Å². The molecule has 0 spiro atoms. The molecule has 0 atom stereocenters. The van der Waals surface area contributed by atoms with E-state index >= 15 is 0 Å². The summed E-state index contributed by atoms with van der Waals surface area (Å²) in [7, 11) is 0. The van der Waals surface area contributed by atoms with Gasteiger partial charge in [0.2, 0.25) is 0 Å². The van der Waals surface area contributed by atoms with Crippen LogP contribution in [0.4, 0.5) is 0 Å². The normalized spacial score (nSPS) is 10.2. The van der Waals surface area contributed by atoms with Crippen LogP contribution < -0.4 is 10.5 Å². The molecule has 0 unspecified atom stereocenters. The smallest absolute Gasteiger partial charge is 0.146 e. The molecule has 2 aromatic rings. The van der Waals surface area contributed by atoms with Gasteiger partial charge >= 0.3 is 0 Å². The first-order chi connectivity index (χ1) is 9.13. The van der Waals surface area contributed by atoms with E-state index in [1.165, 1.54) is 0 Å². The van der Waals surface area contributed by atoms with Gasteiger partial charge in [-0.1, -0.05) is 42.0 Å². The fraction of sp³-hybridized carbons (Fsp3) is 0.0714. The zero-order valence-corrected chi connectivity index (χ0v) is 12.6. The lowest BCUT2D eigenvalue weighted by atomic mass is 10.2. The largest absolute Gasteiger partial charge is 0.455 e. The van der Waals surface area contributed by atoms with Crippen LogP contribution in [0.1, 0.15) is 5.56 Å². The summed E-state index contributed by atoms with van der Waals surface area (Å²) in [4.78, 5) is 1.30. The third kappa shape index (κ3) is 3.21. The van der Waals surface area contributed by atoms with Gasteiger partial charge in [0.05, 0.1) is 10.6 Å². The second-order valence-corrected chi connectivity index (χ2v) is 5.43. The predicted octanol–water partition coefficient (Wildman–Crippen LogP) is 4.49. The average molecular weight is 310 g/mol. The lowest BCUT2D eigenvalue weighted by molar-refractivity contribution is 0.480. The highest BCUT2D eigenvalue weighted by molar-refractivity contribution is 7.98. The van der Waals surface area contributed by atoms with Crippen molar-refractivity contribution < 1.29 is 4.74 Å². The Morgan fingerprint density at radius 3 is 2.47 bits per heavy atom. The van der Waals surface area contributed by atoms with E-state index in [9.17, 15) is 0 Å². The Balaban J connectivity index is 2.46. The van der Waals surface area contributed by atoms with Gasteiger partial charge in [0.15, 0.2) is 0 Å². The van der Waals surface area contributed by atoms with Crippen LogP contribution in [0.25, 0.3) is 0 Å². The van der Waals surface area contributed by atoms with Crippen molar-refractivity contribution in [1.82, 2.24) is 0 Å². The Hall–Kier alpha value is -1.23. The average Bonchev–Trinajstić information content (AvgIpc) is 2.40. The topological polar surface area (TPSA) is 35.2 Å². The number of halogens is 1. The summed E-state index contributed by atoms with van der Waals surface area (Å²) in [5.74, 6) is 1.20. The molecule has 2 aromatic carbocycles. The number of para-hydroxylation sites is 1. The maximum Gasteiger partial charge on any atom is 0.146 e. The van der Waals surface area contributed by atoms with Gasteiger partial charge in [0, 0.05) is 4.90 Å². The van der Waals surface area contributed by atoms with E-state index in [1.807, 2.05) is 36.6 Å². The molecule has 0 aliphatic rings. The standard InChI is InChI=1S/C14H12ClNOS2/c1-19-12-8-4-7-11(13(12)14(16)18)17-10-6-3-2-5-9(10)15/h2-8H,1H3,(H2,16,18). The molecule has 0 heterocycles. The number of hydrogen-bond acceptors (Lipinski definition) is 3. The quantitative estimate of drug-likeness (QED) is 0.667. The lowest BCUT2D eigenvalue weighted by Crippen LogP contribution is -2.12. The second-order valence-electron chi connectivity index (χ2n) is 3.73. The number of nitrogens with two attached hydrogens (primary N) is 1. The van der Waals surface area contributed by atoms with Gasteiger partial charge in [-0.25, -0.2) is 0 Å². The number of thioether (sulfide) groups is 1. The van der Waals surface area contributed by atoms with Crippen molar-refractivity contribution >= 4 is 40.6 Å². The maximum atomic E-state index is 6.09. The number of rotatable bonds is 4. The Labute approximate surface area is 126 Å². The van der Waals surface area contributed by atoms with E-state index in [0.29, 0.717) is 21.5 Å². The molecule has 0 saturated carbocycles. The van der Waals surface area contributed by atoms with Gasteiger partial charge < -0.3 is 10.5 Å². The van der Waals surface area contributed by atoms with Crippen molar-refractivity contribution in [3.05, 3.63) is 53.1 Å². The van der Waals surface area contributed by atoms with Crippen LogP contribution in [0.2, 0.25) is 5.02 Å². The fourth-order valence-corrected chi connectivity index (χ4v) is 2.73. The van der Waals surface area contributed by atoms with Crippen LogP contribution in [0, 0.1) is 0 Å². The molecule has 0 amide bonds. The number of ether oxygens (including phenoxy) is 1. The third-order valence-electron chi connectivity index (χ3n) is 2.51. The SMILES string of the molecule is CSc1cccc(Oc2ccccc2Cl)c1C(N)=S. The third-order valence-corrected chi connectivity index (χ3v) is 3.81. The van der Waals surface area contributed by atoms with Crippen molar-refractivity contribution in [3.8, 4) is 11.5 Å². The Kier molecular flexibility index (Phi) is 4.69. The number of hydrogen-bond donors (Lipinski definition) is 1. The van der Waals surface area contributed by atoms with Gasteiger partial charge in [-0.05, 0) is 30.5 Å². The number of benzene rings is 2. The van der Waals surface area contributed by atoms with Crippen LogP contribution in [0.5, 0.6) is 11.5 Å². The molecule has 0 radical (unpaired) electrons. The molecule has 2 rings (SSSR count). The number of thiocarbonyl (C=S) groups is 1. The van der Waals surface area contributed by atoms with Crippen molar-refractivity contribution in [2.75, 3.05) is 6.26 Å². The molecule has 0 bridgehead atoms. The molecule has 2 N–H and O–H groups in total. The molecule has 0 aromatic heterocycles. The Morgan fingerprint density at radius 2 is 1.84 bits per heavy atom. The first kappa shape index (κ1) is 14.2. The summed E-state index contributed by atoms with van der Waals surface area (Å²) >= 11 is 12.8. The van der Waals surface area contributed by atoms with Gasteiger partial charge in [0.1, 0.15) is 16.5 Å². The van der Waals surface area contributed by atoms with E-state index in [-0.39, 0.29) is 0 Å². The summed E-state index contributed by atoms with van der Waals surface area (Å²) in [5, 5.41) is 0.547. The Bertz CT molecular complexity index is 616. The molecule has 0 aliphatic heterocycles. The summed E-state index contributed by atoms with van der Waals surface area (Å²) < 4.78 is 5.83. The van der Waals surface area contributed by atoms with E-state index in [4.69, 9.17) is 34.3 Å². The molecule has 0 saturated heterocycles. The highest BCUT2D eigenvalue weighted by atomic mass is 35.5. The highest BCUT2D eigenvalue weighted by Gasteiger charge is 2.13. The highest BCUT2D eigenvalue weighted by Crippen LogP contribution is 2.34. The molecular weight excluding hydrogens is 298 g/mol. The van der Waals surface area contributed by atoms with Gasteiger partial charge in [-0.2, -0.15) is 0 Å². The molecular formula is C14H12ClNOS2. The van der Waals surface area contributed by atoms with Crippen molar-refractivity contribution in [2.24, 2.45) is 5.73 Å². The molecule has 0 fully saturated rings. The van der Waals surface area contributed by atoms with E-state index in [0.717, 1.165) is 10.5 Å². The van der Waals surface area contributed by atoms with Crippen molar-refractivity contribution in [1.29, 1.82) is 0 Å². The summed E-state index contributed by atoms with van der Waals surface area (Å²) in [5.41, 5.74) is 6.53. The van der Waals surface area contributed by atoms with Crippen LogP contribution >= 0.6 is 35.6 Å². The predicted molar refractivity (Wildman–Crippen MR) is 85.6 cm³/mol. The van der Waals surface area contributed by atoms with Crippen molar-refractivity contribution in [2.45, 2.75) is 4.90 Å². The maximum absolute atomic E-state index is 6.09. The zero-order chi connectivity index (χ0) is 13.8. The lowest BCUT2D eigenvalue weighted by Gasteiger charge is -2.14.